The van der Waals surface area contributed by atoms with Gasteiger partial charge in [-0.2, -0.15) is 0 Å². The van der Waals surface area contributed by atoms with E-state index in [0.717, 1.165) is 0 Å². The van der Waals surface area contributed by atoms with E-state index in [9.17, 15) is 33.9 Å². The molecule has 0 unspecified atom stereocenters. The van der Waals surface area contributed by atoms with Gasteiger partial charge in [0.1, 0.15) is 6.04 Å². The zero-order chi connectivity index (χ0) is 21.3. The van der Waals surface area contributed by atoms with Crippen LogP contribution in [0.25, 0.3) is 0 Å². The molecule has 0 aromatic rings. The predicted molar refractivity (Wildman–Crippen MR) is 85.2 cm³/mol. The maximum Gasteiger partial charge on any atom is 0.326 e. The average Bonchev–Trinajstić information content (AvgIpc) is 2.53. The van der Waals surface area contributed by atoms with Crippen molar-refractivity contribution in [1.29, 1.82) is 0 Å². The SMILES string of the molecule is N[C@@H](CCC(=O)O)C(=O)N(C(=O)[C@@H](N)CC(=O)O)[C@@H](CCC(=O)O)C(=O)O. The molecular weight excluding hydrogens is 370 g/mol. The van der Waals surface area contributed by atoms with Gasteiger partial charge in [0.25, 0.3) is 0 Å². The molecule has 13 heteroatoms. The molecule has 0 bridgehead atoms. The molecule has 0 spiro atoms. The lowest BCUT2D eigenvalue weighted by Gasteiger charge is -2.30. The Labute approximate surface area is 152 Å². The summed E-state index contributed by atoms with van der Waals surface area (Å²) in [4.78, 5) is 68.4. The topological polar surface area (TPSA) is 239 Å². The number of hydrogen-bond acceptors (Lipinski definition) is 8. The van der Waals surface area contributed by atoms with E-state index in [1.807, 2.05) is 0 Å². The summed E-state index contributed by atoms with van der Waals surface area (Å²) in [5.41, 5.74) is 10.9. The van der Waals surface area contributed by atoms with Gasteiger partial charge in [-0.15, -0.1) is 0 Å². The van der Waals surface area contributed by atoms with Crippen LogP contribution in [-0.4, -0.2) is 79.1 Å². The van der Waals surface area contributed by atoms with Crippen molar-refractivity contribution in [3.05, 3.63) is 0 Å². The summed E-state index contributed by atoms with van der Waals surface area (Å²) in [6.07, 6.45) is -3.29. The van der Waals surface area contributed by atoms with Crippen molar-refractivity contribution in [3.63, 3.8) is 0 Å². The Bertz CT molecular complexity index is 620. The Hall–Kier alpha value is -3.06. The minimum Gasteiger partial charge on any atom is -0.481 e. The van der Waals surface area contributed by atoms with Crippen LogP contribution in [0.15, 0.2) is 0 Å². The predicted octanol–water partition coefficient (Wildman–Crippen LogP) is -2.35. The summed E-state index contributed by atoms with van der Waals surface area (Å²) >= 11 is 0. The van der Waals surface area contributed by atoms with Gasteiger partial charge in [0.05, 0.1) is 18.5 Å². The Kier molecular flexibility index (Phi) is 9.60. The van der Waals surface area contributed by atoms with Gasteiger partial charge in [-0.1, -0.05) is 0 Å². The van der Waals surface area contributed by atoms with Crippen molar-refractivity contribution >= 4 is 35.7 Å². The van der Waals surface area contributed by atoms with Gasteiger partial charge in [0.15, 0.2) is 0 Å². The van der Waals surface area contributed by atoms with Crippen molar-refractivity contribution < 1.29 is 49.2 Å². The molecule has 3 atom stereocenters. The number of carbonyl (C=O) groups is 6. The summed E-state index contributed by atoms with van der Waals surface area (Å²) in [5, 5.41) is 35.3. The number of carboxylic acid groups (broad SMARTS) is 4. The van der Waals surface area contributed by atoms with Gasteiger partial charge in [-0.25, -0.2) is 4.79 Å². The molecule has 0 heterocycles. The van der Waals surface area contributed by atoms with Crippen LogP contribution in [0.1, 0.15) is 32.1 Å². The highest BCUT2D eigenvalue weighted by atomic mass is 16.4. The van der Waals surface area contributed by atoms with Crippen LogP contribution in [0.3, 0.4) is 0 Å². The molecule has 0 rings (SSSR count). The van der Waals surface area contributed by atoms with E-state index in [2.05, 4.69) is 0 Å². The first kappa shape index (κ1) is 23.9. The van der Waals surface area contributed by atoms with Gasteiger partial charge in [0, 0.05) is 12.8 Å². The van der Waals surface area contributed by atoms with Gasteiger partial charge in [-0.3, -0.25) is 28.9 Å². The third-order valence-corrected chi connectivity index (χ3v) is 3.40. The van der Waals surface area contributed by atoms with Crippen LogP contribution in [0, 0.1) is 0 Å². The molecule has 0 aromatic carbocycles. The van der Waals surface area contributed by atoms with Crippen molar-refractivity contribution in [2.24, 2.45) is 11.5 Å². The van der Waals surface area contributed by atoms with Crippen LogP contribution in [-0.2, 0) is 28.8 Å². The highest BCUT2D eigenvalue weighted by Crippen LogP contribution is 2.14. The molecule has 0 fully saturated rings. The zero-order valence-electron chi connectivity index (χ0n) is 14.1. The van der Waals surface area contributed by atoms with Crippen LogP contribution >= 0.6 is 0 Å². The second-order valence-corrected chi connectivity index (χ2v) is 5.58. The molecule has 0 aromatic heterocycles. The third kappa shape index (κ3) is 8.24. The molecule has 13 nitrogen and oxygen atoms in total. The van der Waals surface area contributed by atoms with Crippen LogP contribution in [0.2, 0.25) is 0 Å². The number of amides is 2. The summed E-state index contributed by atoms with van der Waals surface area (Å²) < 4.78 is 0. The highest BCUT2D eigenvalue weighted by Gasteiger charge is 2.39. The Balaban J connectivity index is 5.74. The van der Waals surface area contributed by atoms with E-state index >= 15 is 0 Å². The molecule has 152 valence electrons. The van der Waals surface area contributed by atoms with Crippen molar-refractivity contribution in [2.75, 3.05) is 0 Å². The Morgan fingerprint density at radius 2 is 1.15 bits per heavy atom. The number of rotatable bonds is 12. The first-order chi connectivity index (χ1) is 12.4. The summed E-state index contributed by atoms with van der Waals surface area (Å²) in [5.74, 6) is -8.57. The summed E-state index contributed by atoms with van der Waals surface area (Å²) in [7, 11) is 0. The maximum atomic E-state index is 12.5. The molecule has 0 saturated carbocycles. The Morgan fingerprint density at radius 3 is 1.56 bits per heavy atom. The standard InChI is InChI=1S/C14H21N3O10/c15-6(1-3-9(18)19)12(24)17(13(25)7(16)5-11(22)23)8(14(26)27)2-4-10(20)21/h6-8H,1-5,15-16H2,(H,18,19)(H,20,21)(H,22,23)(H,26,27)/t6-,7-,8-/m0/s1. The number of nitrogens with zero attached hydrogens (tertiary/aromatic N) is 1. The normalized spacial score (nSPS) is 13.9. The van der Waals surface area contributed by atoms with Crippen molar-refractivity contribution in [3.8, 4) is 0 Å². The molecule has 0 radical (unpaired) electrons. The first-order valence-corrected chi connectivity index (χ1v) is 7.64. The Morgan fingerprint density at radius 1 is 0.704 bits per heavy atom. The molecule has 27 heavy (non-hydrogen) atoms. The summed E-state index contributed by atoms with van der Waals surface area (Å²) in [6.45, 7) is 0. The largest absolute Gasteiger partial charge is 0.481 e. The lowest BCUT2D eigenvalue weighted by Crippen LogP contribution is -2.58. The average molecular weight is 391 g/mol. The van der Waals surface area contributed by atoms with Gasteiger partial charge < -0.3 is 31.9 Å². The van der Waals surface area contributed by atoms with Crippen molar-refractivity contribution in [2.45, 2.75) is 50.2 Å². The fraction of sp³-hybridized carbons (Fsp3) is 0.571. The minimum atomic E-state index is -1.96. The van der Waals surface area contributed by atoms with Gasteiger partial charge in [-0.05, 0) is 12.8 Å². The van der Waals surface area contributed by atoms with Crippen LogP contribution in [0.4, 0.5) is 0 Å². The zero-order valence-corrected chi connectivity index (χ0v) is 14.1. The number of nitrogens with two attached hydrogens (primary N) is 2. The van der Waals surface area contributed by atoms with Gasteiger partial charge in [0.2, 0.25) is 11.8 Å². The quantitative estimate of drug-likeness (QED) is 0.205. The van der Waals surface area contributed by atoms with E-state index in [1.54, 1.807) is 0 Å². The van der Waals surface area contributed by atoms with Gasteiger partial charge >= 0.3 is 23.9 Å². The third-order valence-electron chi connectivity index (χ3n) is 3.40. The van der Waals surface area contributed by atoms with Crippen molar-refractivity contribution in [1.82, 2.24) is 4.90 Å². The number of carboxylic acids is 4. The number of carbonyl (C=O) groups excluding carboxylic acids is 2. The highest BCUT2D eigenvalue weighted by molar-refractivity contribution is 6.04. The fourth-order valence-electron chi connectivity index (χ4n) is 2.07. The molecule has 0 aliphatic heterocycles. The molecule has 0 aliphatic rings. The lowest BCUT2D eigenvalue weighted by molar-refractivity contribution is -0.161. The molecule has 8 N–H and O–H groups in total. The van der Waals surface area contributed by atoms with Crippen LogP contribution < -0.4 is 11.5 Å². The lowest BCUT2D eigenvalue weighted by atomic mass is 10.0. The maximum absolute atomic E-state index is 12.5. The van der Waals surface area contributed by atoms with E-state index in [0.29, 0.717) is 0 Å². The number of hydrogen-bond donors (Lipinski definition) is 6. The summed E-state index contributed by atoms with van der Waals surface area (Å²) in [6, 6.07) is -5.34. The van der Waals surface area contributed by atoms with Crippen LogP contribution in [0.5, 0.6) is 0 Å². The second-order valence-electron chi connectivity index (χ2n) is 5.58. The first-order valence-electron chi connectivity index (χ1n) is 7.64. The van der Waals surface area contributed by atoms with E-state index in [-0.39, 0.29) is 4.90 Å². The molecule has 0 saturated heterocycles. The van der Waals surface area contributed by atoms with E-state index < -0.39 is 85.9 Å². The number of aliphatic carboxylic acids is 4. The minimum absolute atomic E-state index is 0.116. The fourth-order valence-corrected chi connectivity index (χ4v) is 2.07. The molecule has 2 amide bonds. The number of imide groups is 1. The van der Waals surface area contributed by atoms with E-state index in [4.69, 9.17) is 26.8 Å². The monoisotopic (exact) mass is 391 g/mol. The van der Waals surface area contributed by atoms with E-state index in [1.165, 1.54) is 0 Å². The molecule has 0 aliphatic carbocycles. The second kappa shape index (κ2) is 10.8. The molecular formula is C14H21N3O10. The smallest absolute Gasteiger partial charge is 0.326 e.